The van der Waals surface area contributed by atoms with Crippen molar-refractivity contribution in [3.63, 3.8) is 0 Å². The third kappa shape index (κ3) is 2.49. The lowest BCUT2D eigenvalue weighted by atomic mass is 10.2. The molecule has 0 atom stereocenters. The van der Waals surface area contributed by atoms with Crippen LogP contribution in [0.5, 0.6) is 5.75 Å². The molecule has 0 spiro atoms. The topological polar surface area (TPSA) is 14.2 Å². The average molecular weight is 310 g/mol. The van der Waals surface area contributed by atoms with Gasteiger partial charge in [-0.15, -0.1) is 0 Å². The summed E-state index contributed by atoms with van der Waals surface area (Å²) in [6.45, 7) is 13.4. The Morgan fingerprint density at radius 2 is 1.80 bits per heavy atom. The molecule has 0 unspecified atom stereocenters. The molecule has 1 aromatic heterocycles. The van der Waals surface area contributed by atoms with Crippen molar-refractivity contribution in [1.82, 2.24) is 4.57 Å². The van der Waals surface area contributed by atoms with Gasteiger partial charge >= 0.3 is 0 Å². The minimum atomic E-state index is -1.85. The fourth-order valence-corrected chi connectivity index (χ4v) is 3.29. The Morgan fingerprint density at radius 3 is 2.35 bits per heavy atom. The highest BCUT2D eigenvalue weighted by atomic mass is 35.5. The molecule has 2 aromatic rings. The zero-order valence-electron chi connectivity index (χ0n) is 13.5. The van der Waals surface area contributed by atoms with Crippen molar-refractivity contribution in [2.45, 2.75) is 45.8 Å². The van der Waals surface area contributed by atoms with E-state index in [2.05, 4.69) is 58.5 Å². The molecule has 0 aliphatic rings. The van der Waals surface area contributed by atoms with E-state index in [9.17, 15) is 0 Å². The van der Waals surface area contributed by atoms with Gasteiger partial charge < -0.3 is 8.99 Å². The normalized spacial score (nSPS) is 13.0. The van der Waals surface area contributed by atoms with E-state index in [4.69, 9.17) is 16.0 Å². The van der Waals surface area contributed by atoms with Gasteiger partial charge in [0, 0.05) is 17.5 Å². The van der Waals surface area contributed by atoms with Gasteiger partial charge in [-0.25, -0.2) is 0 Å². The van der Waals surface area contributed by atoms with Gasteiger partial charge in [-0.2, -0.15) is 0 Å². The standard InChI is InChI=1S/C16H24ClNOSi/c1-11-15(19-20(6,7)16(2,3)4)13-10-12(17)8-9-14(13)18(11)5/h8-10H,1-7H3. The van der Waals surface area contributed by atoms with Gasteiger partial charge in [0.05, 0.1) is 11.2 Å². The quantitative estimate of drug-likeness (QED) is 0.666. The summed E-state index contributed by atoms with van der Waals surface area (Å²) in [6.07, 6.45) is 0. The van der Waals surface area contributed by atoms with Crippen LogP contribution in [0.15, 0.2) is 18.2 Å². The Balaban J connectivity index is 2.60. The van der Waals surface area contributed by atoms with Crippen LogP contribution in [0.25, 0.3) is 10.9 Å². The second-order valence-electron chi connectivity index (χ2n) is 7.00. The van der Waals surface area contributed by atoms with Gasteiger partial charge in [-0.1, -0.05) is 32.4 Å². The number of halogens is 1. The third-order valence-electron chi connectivity index (χ3n) is 4.56. The van der Waals surface area contributed by atoms with E-state index >= 15 is 0 Å². The SMILES string of the molecule is Cc1c(O[Si](C)(C)C(C)(C)C)c2cc(Cl)ccc2n1C. The minimum Gasteiger partial charge on any atom is -0.542 e. The van der Waals surface area contributed by atoms with E-state index in [0.29, 0.717) is 0 Å². The predicted octanol–water partition coefficient (Wildman–Crippen LogP) is 5.52. The van der Waals surface area contributed by atoms with Crippen LogP contribution in [0.3, 0.4) is 0 Å². The van der Waals surface area contributed by atoms with Gasteiger partial charge in [0.15, 0.2) is 0 Å². The molecule has 4 heteroatoms. The smallest absolute Gasteiger partial charge is 0.250 e. The molecule has 0 bridgehead atoms. The largest absolute Gasteiger partial charge is 0.542 e. The van der Waals surface area contributed by atoms with Crippen molar-refractivity contribution in [3.05, 3.63) is 28.9 Å². The number of fused-ring (bicyclic) bond motifs is 1. The fraction of sp³-hybridized carbons (Fsp3) is 0.500. The maximum atomic E-state index is 6.55. The van der Waals surface area contributed by atoms with Gasteiger partial charge in [0.25, 0.3) is 8.32 Å². The van der Waals surface area contributed by atoms with Crippen molar-refractivity contribution < 1.29 is 4.43 Å². The molecule has 1 heterocycles. The van der Waals surface area contributed by atoms with Crippen molar-refractivity contribution in [3.8, 4) is 5.75 Å². The van der Waals surface area contributed by atoms with Crippen LogP contribution >= 0.6 is 11.6 Å². The molecule has 20 heavy (non-hydrogen) atoms. The molecule has 2 rings (SSSR count). The maximum Gasteiger partial charge on any atom is 0.250 e. The van der Waals surface area contributed by atoms with E-state index < -0.39 is 8.32 Å². The summed E-state index contributed by atoms with van der Waals surface area (Å²) in [6, 6.07) is 6.00. The van der Waals surface area contributed by atoms with Crippen LogP contribution in [0.1, 0.15) is 26.5 Å². The van der Waals surface area contributed by atoms with Crippen molar-refractivity contribution >= 4 is 30.8 Å². The summed E-state index contributed by atoms with van der Waals surface area (Å²) in [4.78, 5) is 0. The first-order chi connectivity index (χ1) is 9.04. The summed E-state index contributed by atoms with van der Waals surface area (Å²) in [5, 5.41) is 2.05. The van der Waals surface area contributed by atoms with Crippen LogP contribution < -0.4 is 4.43 Å². The van der Waals surface area contributed by atoms with E-state index in [0.717, 1.165) is 21.9 Å². The van der Waals surface area contributed by atoms with Crippen LogP contribution in [0, 0.1) is 6.92 Å². The maximum absolute atomic E-state index is 6.55. The Kier molecular flexibility index (Phi) is 3.72. The lowest BCUT2D eigenvalue weighted by molar-refractivity contribution is 0.491. The van der Waals surface area contributed by atoms with E-state index in [1.165, 1.54) is 5.52 Å². The Bertz CT molecular complexity index is 653. The minimum absolute atomic E-state index is 0.181. The highest BCUT2D eigenvalue weighted by Gasteiger charge is 2.40. The summed E-state index contributed by atoms with van der Waals surface area (Å²) in [5.41, 5.74) is 2.33. The molecule has 0 amide bonds. The Hall–Kier alpha value is -0.933. The van der Waals surface area contributed by atoms with Crippen LogP contribution in [-0.2, 0) is 7.05 Å². The third-order valence-corrected chi connectivity index (χ3v) is 9.12. The second kappa shape index (κ2) is 4.81. The Labute approximate surface area is 127 Å². The van der Waals surface area contributed by atoms with E-state index in [1.807, 2.05) is 12.1 Å². The first kappa shape index (κ1) is 15.5. The number of hydrogen-bond acceptors (Lipinski definition) is 1. The molecule has 0 saturated carbocycles. The van der Waals surface area contributed by atoms with Gasteiger partial charge in [0.1, 0.15) is 5.75 Å². The van der Waals surface area contributed by atoms with Crippen molar-refractivity contribution in [1.29, 1.82) is 0 Å². The zero-order chi connectivity index (χ0) is 15.3. The van der Waals surface area contributed by atoms with Gasteiger partial charge in [-0.05, 0) is 43.3 Å². The molecule has 0 N–H and O–H groups in total. The molecule has 1 aromatic carbocycles. The van der Waals surface area contributed by atoms with E-state index in [1.54, 1.807) is 0 Å². The average Bonchev–Trinajstić information content (AvgIpc) is 2.52. The van der Waals surface area contributed by atoms with Crippen molar-refractivity contribution in [2.24, 2.45) is 7.05 Å². The van der Waals surface area contributed by atoms with E-state index in [-0.39, 0.29) is 5.04 Å². The number of aromatic nitrogens is 1. The number of aryl methyl sites for hydroxylation is 1. The highest BCUT2D eigenvalue weighted by Crippen LogP contribution is 2.41. The summed E-state index contributed by atoms with van der Waals surface area (Å²) >= 11 is 6.16. The molecular weight excluding hydrogens is 286 g/mol. The van der Waals surface area contributed by atoms with Gasteiger partial charge in [-0.3, -0.25) is 0 Å². The van der Waals surface area contributed by atoms with Crippen LogP contribution in [0.4, 0.5) is 0 Å². The molecule has 0 radical (unpaired) electrons. The lowest BCUT2D eigenvalue weighted by Gasteiger charge is -2.36. The molecule has 0 aliphatic carbocycles. The first-order valence-electron chi connectivity index (χ1n) is 6.98. The number of rotatable bonds is 2. The highest BCUT2D eigenvalue weighted by molar-refractivity contribution is 6.74. The summed E-state index contributed by atoms with van der Waals surface area (Å²) < 4.78 is 8.72. The van der Waals surface area contributed by atoms with Crippen LogP contribution in [0.2, 0.25) is 23.2 Å². The van der Waals surface area contributed by atoms with Gasteiger partial charge in [0.2, 0.25) is 0 Å². The Morgan fingerprint density at radius 1 is 1.20 bits per heavy atom. The molecule has 0 saturated heterocycles. The number of nitrogens with zero attached hydrogens (tertiary/aromatic N) is 1. The lowest BCUT2D eigenvalue weighted by Crippen LogP contribution is -2.44. The molecule has 0 aliphatic heterocycles. The zero-order valence-corrected chi connectivity index (χ0v) is 15.2. The molecular formula is C16H24ClNOSi. The monoisotopic (exact) mass is 309 g/mol. The molecule has 0 fully saturated rings. The summed E-state index contributed by atoms with van der Waals surface area (Å²) in [5.74, 6) is 0.997. The fourth-order valence-electron chi connectivity index (χ4n) is 2.05. The van der Waals surface area contributed by atoms with Crippen molar-refractivity contribution in [2.75, 3.05) is 0 Å². The second-order valence-corrected chi connectivity index (χ2v) is 12.2. The first-order valence-corrected chi connectivity index (χ1v) is 10.3. The van der Waals surface area contributed by atoms with Crippen LogP contribution in [-0.4, -0.2) is 12.9 Å². The summed E-state index contributed by atoms with van der Waals surface area (Å²) in [7, 11) is 0.219. The molecule has 2 nitrogen and oxygen atoms in total. The number of hydrogen-bond donors (Lipinski definition) is 0. The molecule has 110 valence electrons. The predicted molar refractivity (Wildman–Crippen MR) is 90.5 cm³/mol. The number of benzene rings is 1.